The first-order valence-electron chi connectivity index (χ1n) is 10.5. The maximum absolute atomic E-state index is 6.20. The highest BCUT2D eigenvalue weighted by Crippen LogP contribution is 2.42. The first kappa shape index (κ1) is 25.3. The Morgan fingerprint density at radius 3 is 1.97 bits per heavy atom. The van der Waals surface area contributed by atoms with Crippen molar-refractivity contribution in [2.45, 2.75) is 54.0 Å². The van der Waals surface area contributed by atoms with Gasteiger partial charge in [-0.3, -0.25) is 4.90 Å². The van der Waals surface area contributed by atoms with E-state index >= 15 is 0 Å². The maximum Gasteiger partial charge on any atom is 0.169 e. The third kappa shape index (κ3) is 6.94. The molecule has 0 heterocycles. The summed E-state index contributed by atoms with van der Waals surface area (Å²) in [5.74, 6) is 3.62. The summed E-state index contributed by atoms with van der Waals surface area (Å²) in [5.41, 5.74) is 0.999. The number of nitrogens with zero attached hydrogens (tertiary/aromatic N) is 1. The lowest BCUT2D eigenvalue weighted by molar-refractivity contribution is 0.0856. The van der Waals surface area contributed by atoms with Crippen LogP contribution in [0.15, 0.2) is 48.5 Å². The lowest BCUT2D eigenvalue weighted by atomic mass is 9.89. The van der Waals surface area contributed by atoms with Crippen molar-refractivity contribution in [3.05, 3.63) is 54.1 Å². The Labute approximate surface area is 183 Å². The summed E-state index contributed by atoms with van der Waals surface area (Å²) in [6.07, 6.45) is 0. The van der Waals surface area contributed by atoms with Gasteiger partial charge in [0.1, 0.15) is 5.75 Å². The van der Waals surface area contributed by atoms with Gasteiger partial charge in [-0.05, 0) is 50.8 Å². The van der Waals surface area contributed by atoms with E-state index in [2.05, 4.69) is 58.6 Å². The fraction of sp³-hybridized carbons (Fsp3) is 0.520. The third-order valence-electron chi connectivity index (χ3n) is 4.86. The molecule has 0 amide bonds. The van der Waals surface area contributed by atoms with Crippen LogP contribution in [0.4, 0.5) is 0 Å². The highest BCUT2D eigenvalue weighted by atomic mass is 35.5. The number of ether oxygens (including phenoxy) is 2. The summed E-state index contributed by atoms with van der Waals surface area (Å²) in [6.45, 7) is 18.4. The number of rotatable bonds is 10. The largest absolute Gasteiger partial charge is 0.490 e. The van der Waals surface area contributed by atoms with E-state index in [1.807, 2.05) is 43.3 Å². The lowest BCUT2D eigenvalue weighted by Crippen LogP contribution is -2.45. The third-order valence-corrected chi connectivity index (χ3v) is 4.86. The van der Waals surface area contributed by atoms with Gasteiger partial charge in [0.05, 0.1) is 6.61 Å². The molecule has 0 unspecified atom stereocenters. The minimum absolute atomic E-state index is 0. The fourth-order valence-electron chi connectivity index (χ4n) is 3.57. The van der Waals surface area contributed by atoms with Gasteiger partial charge >= 0.3 is 0 Å². The maximum atomic E-state index is 6.20. The van der Waals surface area contributed by atoms with Crippen molar-refractivity contribution in [3.8, 4) is 17.2 Å². The predicted octanol–water partition coefficient (Wildman–Crippen LogP) is 7.15. The first-order valence-corrected chi connectivity index (χ1v) is 10.5. The van der Waals surface area contributed by atoms with Gasteiger partial charge in [-0.2, -0.15) is 0 Å². The van der Waals surface area contributed by atoms with Crippen molar-refractivity contribution >= 4 is 12.4 Å². The molecule has 0 aliphatic carbocycles. The molecule has 0 aliphatic rings. The van der Waals surface area contributed by atoms with Crippen molar-refractivity contribution in [2.24, 2.45) is 11.8 Å². The fourth-order valence-corrected chi connectivity index (χ4v) is 3.57. The normalized spacial score (nSPS) is 11.7. The summed E-state index contributed by atoms with van der Waals surface area (Å²) < 4.78 is 12.3. The van der Waals surface area contributed by atoms with Crippen molar-refractivity contribution in [3.63, 3.8) is 0 Å². The van der Waals surface area contributed by atoms with Crippen LogP contribution in [0.2, 0.25) is 0 Å². The van der Waals surface area contributed by atoms with E-state index in [0.29, 0.717) is 18.4 Å². The molecule has 2 rings (SSSR count). The van der Waals surface area contributed by atoms with Gasteiger partial charge in [-0.1, -0.05) is 58.0 Å². The predicted molar refractivity (Wildman–Crippen MR) is 126 cm³/mol. The van der Waals surface area contributed by atoms with Gasteiger partial charge in [-0.25, -0.2) is 0 Å². The van der Waals surface area contributed by atoms with Gasteiger partial charge in [0.25, 0.3) is 0 Å². The highest BCUT2D eigenvalue weighted by molar-refractivity contribution is 5.85. The van der Waals surface area contributed by atoms with Gasteiger partial charge in [0.2, 0.25) is 0 Å². The van der Waals surface area contributed by atoms with Crippen LogP contribution in [-0.4, -0.2) is 24.6 Å². The number of benzene rings is 2. The zero-order chi connectivity index (χ0) is 20.7. The Morgan fingerprint density at radius 1 is 0.862 bits per heavy atom. The van der Waals surface area contributed by atoms with Gasteiger partial charge in [0, 0.05) is 24.2 Å². The van der Waals surface area contributed by atoms with E-state index in [9.17, 15) is 0 Å². The van der Waals surface area contributed by atoms with Crippen LogP contribution in [0.3, 0.4) is 0 Å². The molecule has 0 saturated carbocycles. The standard InChI is InChI=1S/C25H37NO2.ClH/c1-8-27-24-22(25(6,7)26(17-19(2)3)18-20(4)5)15-12-16-23(24)28-21-13-10-9-11-14-21;/h9-16,19-20H,8,17-18H2,1-7H3;1H. The molecule has 0 spiro atoms. The van der Waals surface area contributed by atoms with E-state index < -0.39 is 0 Å². The number of halogens is 1. The Bertz CT molecular complexity index is 719. The second-order valence-corrected chi connectivity index (χ2v) is 8.73. The zero-order valence-corrected chi connectivity index (χ0v) is 19.9. The van der Waals surface area contributed by atoms with Crippen molar-refractivity contribution < 1.29 is 9.47 Å². The van der Waals surface area contributed by atoms with Gasteiger partial charge in [-0.15, -0.1) is 12.4 Å². The molecule has 0 fully saturated rings. The molecule has 3 nitrogen and oxygen atoms in total. The second-order valence-electron chi connectivity index (χ2n) is 8.73. The minimum atomic E-state index is -0.172. The molecule has 0 bridgehead atoms. The molecule has 0 aliphatic heterocycles. The topological polar surface area (TPSA) is 21.7 Å². The monoisotopic (exact) mass is 419 g/mol. The molecule has 2 aromatic rings. The number of hydrogen-bond acceptors (Lipinski definition) is 3. The zero-order valence-electron chi connectivity index (χ0n) is 19.1. The van der Waals surface area contributed by atoms with Crippen LogP contribution in [0.5, 0.6) is 17.2 Å². The minimum Gasteiger partial charge on any atom is -0.490 e. The van der Waals surface area contributed by atoms with Crippen LogP contribution >= 0.6 is 12.4 Å². The molecule has 4 heteroatoms. The second kappa shape index (κ2) is 11.5. The molecule has 0 atom stereocenters. The smallest absolute Gasteiger partial charge is 0.169 e. The van der Waals surface area contributed by atoms with Crippen molar-refractivity contribution in [1.29, 1.82) is 0 Å². The molecular weight excluding hydrogens is 382 g/mol. The van der Waals surface area contributed by atoms with Gasteiger partial charge < -0.3 is 9.47 Å². The number of para-hydroxylation sites is 2. The Morgan fingerprint density at radius 2 is 1.45 bits per heavy atom. The molecule has 0 aromatic heterocycles. The number of hydrogen-bond donors (Lipinski definition) is 0. The average molecular weight is 420 g/mol. The van der Waals surface area contributed by atoms with Crippen LogP contribution in [-0.2, 0) is 5.54 Å². The molecule has 29 heavy (non-hydrogen) atoms. The van der Waals surface area contributed by atoms with Crippen LogP contribution in [0, 0.1) is 11.8 Å². The quantitative estimate of drug-likeness (QED) is 0.408. The molecule has 0 radical (unpaired) electrons. The molecule has 2 aromatic carbocycles. The lowest BCUT2D eigenvalue weighted by Gasteiger charge is -2.42. The van der Waals surface area contributed by atoms with Crippen molar-refractivity contribution in [1.82, 2.24) is 4.90 Å². The Balaban J connectivity index is 0.00000420. The Kier molecular flexibility index (Phi) is 10.0. The van der Waals surface area contributed by atoms with E-state index in [4.69, 9.17) is 9.47 Å². The van der Waals surface area contributed by atoms with Crippen LogP contribution in [0.25, 0.3) is 0 Å². The van der Waals surface area contributed by atoms with Crippen molar-refractivity contribution in [2.75, 3.05) is 19.7 Å². The summed E-state index contributed by atoms with van der Waals surface area (Å²) in [7, 11) is 0. The van der Waals surface area contributed by atoms with E-state index in [1.165, 1.54) is 5.56 Å². The molecule has 0 saturated heterocycles. The van der Waals surface area contributed by atoms with Gasteiger partial charge in [0.15, 0.2) is 11.5 Å². The average Bonchev–Trinajstić information content (AvgIpc) is 2.62. The summed E-state index contributed by atoms with van der Waals surface area (Å²) >= 11 is 0. The van der Waals surface area contributed by atoms with E-state index in [0.717, 1.165) is 30.3 Å². The SMILES string of the molecule is CCOc1c(Oc2ccccc2)cccc1C(C)(C)N(CC(C)C)CC(C)C.Cl. The summed E-state index contributed by atoms with van der Waals surface area (Å²) in [5, 5.41) is 0. The first-order chi connectivity index (χ1) is 13.3. The van der Waals surface area contributed by atoms with Crippen LogP contribution < -0.4 is 9.47 Å². The molecule has 162 valence electrons. The molecular formula is C25H38ClNO2. The summed E-state index contributed by atoms with van der Waals surface area (Å²) in [4.78, 5) is 2.58. The molecule has 0 N–H and O–H groups in total. The van der Waals surface area contributed by atoms with Crippen LogP contribution in [0.1, 0.15) is 54.0 Å². The van der Waals surface area contributed by atoms with E-state index in [1.54, 1.807) is 0 Å². The summed E-state index contributed by atoms with van der Waals surface area (Å²) in [6, 6.07) is 16.1. The Hall–Kier alpha value is -1.71. The highest BCUT2D eigenvalue weighted by Gasteiger charge is 2.33. The van der Waals surface area contributed by atoms with E-state index in [-0.39, 0.29) is 17.9 Å².